The van der Waals surface area contributed by atoms with Gasteiger partial charge in [0.2, 0.25) is 11.8 Å². The number of likely N-dealkylation sites (N-methyl/N-ethyl adjacent to an activating group) is 1. The van der Waals surface area contributed by atoms with Crippen LogP contribution >= 0.6 is 12.4 Å². The van der Waals surface area contributed by atoms with E-state index in [4.69, 9.17) is 5.73 Å². The zero-order valence-corrected chi connectivity index (χ0v) is 16.2. The Hall–Kier alpha value is -2.37. The molecular weight excluding hydrogens is 350 g/mol. The maximum absolute atomic E-state index is 12.4. The Morgan fingerprint density at radius 2 is 1.62 bits per heavy atom. The molecule has 2 rings (SSSR count). The van der Waals surface area contributed by atoms with E-state index in [0.29, 0.717) is 6.42 Å². The third kappa shape index (κ3) is 5.86. The van der Waals surface area contributed by atoms with Crippen molar-refractivity contribution in [3.63, 3.8) is 0 Å². The third-order valence-electron chi connectivity index (χ3n) is 4.12. The summed E-state index contributed by atoms with van der Waals surface area (Å²) in [4.78, 5) is 26.0. The third-order valence-corrected chi connectivity index (χ3v) is 4.12. The molecule has 0 aliphatic heterocycles. The number of nitrogens with one attached hydrogen (secondary N) is 1. The summed E-state index contributed by atoms with van der Waals surface area (Å²) in [5.74, 6) is -0.485. The molecule has 0 saturated heterocycles. The molecule has 0 spiro atoms. The van der Waals surface area contributed by atoms with Crippen molar-refractivity contribution in [2.45, 2.75) is 26.3 Å². The minimum absolute atomic E-state index is 0. The Morgan fingerprint density at radius 1 is 1.04 bits per heavy atom. The molecule has 0 bridgehead atoms. The molecule has 0 aliphatic rings. The fraction of sp³-hybridized carbons (Fsp3) is 0.300. The van der Waals surface area contributed by atoms with Crippen LogP contribution in [0.25, 0.3) is 0 Å². The number of carbonyl (C=O) groups is 2. The van der Waals surface area contributed by atoms with Gasteiger partial charge in [-0.25, -0.2) is 0 Å². The lowest BCUT2D eigenvalue weighted by Crippen LogP contribution is -2.45. The number of anilines is 1. The summed E-state index contributed by atoms with van der Waals surface area (Å²) in [5, 5.41) is 2.88. The molecule has 2 amide bonds. The van der Waals surface area contributed by atoms with Gasteiger partial charge in [-0.2, -0.15) is 0 Å². The minimum atomic E-state index is -0.666. The Morgan fingerprint density at radius 3 is 2.19 bits per heavy atom. The largest absolute Gasteiger partial charge is 0.335 e. The van der Waals surface area contributed by atoms with Crippen LogP contribution in [-0.2, 0) is 16.0 Å². The van der Waals surface area contributed by atoms with E-state index in [-0.39, 0.29) is 30.8 Å². The summed E-state index contributed by atoms with van der Waals surface area (Å²) >= 11 is 0. The lowest BCUT2D eigenvalue weighted by molar-refractivity contribution is -0.134. The summed E-state index contributed by atoms with van der Waals surface area (Å²) in [6.07, 6.45) is 0.447. The van der Waals surface area contributed by atoms with E-state index in [2.05, 4.69) is 5.32 Å². The number of halogens is 1. The minimum Gasteiger partial charge on any atom is -0.335 e. The van der Waals surface area contributed by atoms with Crippen LogP contribution in [0.15, 0.2) is 48.5 Å². The molecule has 0 heterocycles. The summed E-state index contributed by atoms with van der Waals surface area (Å²) in [7, 11) is 1.59. The van der Waals surface area contributed by atoms with E-state index in [0.717, 1.165) is 22.4 Å². The molecule has 0 fully saturated rings. The molecule has 3 N–H and O–H groups in total. The highest BCUT2D eigenvalue weighted by Gasteiger charge is 2.20. The van der Waals surface area contributed by atoms with Crippen LogP contribution in [0.1, 0.15) is 16.7 Å². The van der Waals surface area contributed by atoms with E-state index in [1.807, 2.05) is 62.4 Å². The SMILES string of the molecule is Cc1cccc(C)c1NC(=O)CN(C)C(=O)C(N)Cc1ccccc1.Cl. The Balaban J connectivity index is 0.00000338. The first-order chi connectivity index (χ1) is 11.9. The molecule has 140 valence electrons. The van der Waals surface area contributed by atoms with Gasteiger partial charge in [0.1, 0.15) is 0 Å². The van der Waals surface area contributed by atoms with Crippen molar-refractivity contribution < 1.29 is 9.59 Å². The van der Waals surface area contributed by atoms with Crippen LogP contribution in [-0.4, -0.2) is 36.3 Å². The van der Waals surface area contributed by atoms with Crippen LogP contribution in [0.5, 0.6) is 0 Å². The second kappa shape index (κ2) is 9.94. The number of hydrogen-bond donors (Lipinski definition) is 2. The number of rotatable bonds is 6. The molecule has 0 aromatic heterocycles. The Labute approximate surface area is 161 Å². The number of amides is 2. The zero-order chi connectivity index (χ0) is 18.4. The van der Waals surface area contributed by atoms with Crippen molar-refractivity contribution in [2.24, 2.45) is 5.73 Å². The first-order valence-corrected chi connectivity index (χ1v) is 8.29. The number of benzene rings is 2. The quantitative estimate of drug-likeness (QED) is 0.815. The number of carbonyl (C=O) groups excluding carboxylic acids is 2. The van der Waals surface area contributed by atoms with Gasteiger partial charge >= 0.3 is 0 Å². The topological polar surface area (TPSA) is 75.4 Å². The number of nitrogens with zero attached hydrogens (tertiary/aromatic N) is 1. The molecule has 2 aromatic rings. The number of nitrogens with two attached hydrogens (primary N) is 1. The van der Waals surface area contributed by atoms with Crippen LogP contribution < -0.4 is 11.1 Å². The predicted molar refractivity (Wildman–Crippen MR) is 108 cm³/mol. The molecular formula is C20H26ClN3O2. The Bertz CT molecular complexity index is 730. The van der Waals surface area contributed by atoms with Crippen molar-refractivity contribution in [3.8, 4) is 0 Å². The highest BCUT2D eigenvalue weighted by Crippen LogP contribution is 2.19. The van der Waals surface area contributed by atoms with Gasteiger partial charge in [0.25, 0.3) is 0 Å². The van der Waals surface area contributed by atoms with E-state index >= 15 is 0 Å². The first-order valence-electron chi connectivity index (χ1n) is 8.29. The van der Waals surface area contributed by atoms with Crippen molar-refractivity contribution >= 4 is 29.9 Å². The van der Waals surface area contributed by atoms with Crippen LogP contribution in [0.3, 0.4) is 0 Å². The molecule has 26 heavy (non-hydrogen) atoms. The number of aryl methyl sites for hydroxylation is 2. The van der Waals surface area contributed by atoms with Crippen LogP contribution in [0, 0.1) is 13.8 Å². The standard InChI is InChI=1S/C20H25N3O2.ClH/c1-14-8-7-9-15(2)19(14)22-18(24)13-23(3)20(25)17(21)12-16-10-5-4-6-11-16;/h4-11,17H,12-13,21H2,1-3H3,(H,22,24);1H. The van der Waals surface area contributed by atoms with Gasteiger partial charge in [0.05, 0.1) is 12.6 Å². The number of para-hydroxylation sites is 1. The lowest BCUT2D eigenvalue weighted by atomic mass is 10.1. The summed E-state index contributed by atoms with van der Waals surface area (Å²) in [6.45, 7) is 3.84. The highest BCUT2D eigenvalue weighted by atomic mass is 35.5. The van der Waals surface area contributed by atoms with Crippen LogP contribution in [0.4, 0.5) is 5.69 Å². The monoisotopic (exact) mass is 375 g/mol. The number of hydrogen-bond acceptors (Lipinski definition) is 3. The fourth-order valence-corrected chi connectivity index (χ4v) is 2.72. The second-order valence-corrected chi connectivity index (χ2v) is 6.31. The molecule has 0 radical (unpaired) electrons. The van der Waals surface area contributed by atoms with Crippen molar-refractivity contribution in [1.29, 1.82) is 0 Å². The van der Waals surface area contributed by atoms with Crippen molar-refractivity contribution in [2.75, 3.05) is 18.9 Å². The van der Waals surface area contributed by atoms with Gasteiger partial charge in [-0.3, -0.25) is 9.59 Å². The van der Waals surface area contributed by atoms with Crippen molar-refractivity contribution in [1.82, 2.24) is 4.90 Å². The molecule has 0 saturated carbocycles. The molecule has 0 aliphatic carbocycles. The van der Waals surface area contributed by atoms with Gasteiger partial charge in [0, 0.05) is 12.7 Å². The van der Waals surface area contributed by atoms with E-state index in [1.165, 1.54) is 4.90 Å². The van der Waals surface area contributed by atoms with E-state index in [9.17, 15) is 9.59 Å². The summed E-state index contributed by atoms with van der Waals surface area (Å²) in [6, 6.07) is 14.8. The normalized spacial score (nSPS) is 11.2. The van der Waals surface area contributed by atoms with Gasteiger partial charge in [-0.05, 0) is 37.0 Å². The average Bonchev–Trinajstić information content (AvgIpc) is 2.58. The molecule has 6 heteroatoms. The molecule has 5 nitrogen and oxygen atoms in total. The lowest BCUT2D eigenvalue weighted by Gasteiger charge is -2.21. The molecule has 1 atom stereocenters. The van der Waals surface area contributed by atoms with Gasteiger partial charge in [0.15, 0.2) is 0 Å². The Kier molecular flexibility index (Phi) is 8.29. The van der Waals surface area contributed by atoms with Gasteiger partial charge < -0.3 is 16.0 Å². The summed E-state index contributed by atoms with van der Waals surface area (Å²) < 4.78 is 0. The van der Waals surface area contributed by atoms with E-state index in [1.54, 1.807) is 7.05 Å². The molecule has 1 unspecified atom stereocenters. The van der Waals surface area contributed by atoms with Gasteiger partial charge in [-0.1, -0.05) is 48.5 Å². The summed E-state index contributed by atoms with van der Waals surface area (Å²) in [5.41, 5.74) is 9.77. The van der Waals surface area contributed by atoms with Crippen LogP contribution in [0.2, 0.25) is 0 Å². The average molecular weight is 376 g/mol. The maximum Gasteiger partial charge on any atom is 0.243 e. The molecule has 2 aromatic carbocycles. The second-order valence-electron chi connectivity index (χ2n) is 6.31. The van der Waals surface area contributed by atoms with Gasteiger partial charge in [-0.15, -0.1) is 12.4 Å². The zero-order valence-electron chi connectivity index (χ0n) is 15.4. The van der Waals surface area contributed by atoms with E-state index < -0.39 is 6.04 Å². The highest BCUT2D eigenvalue weighted by molar-refractivity contribution is 5.96. The fourth-order valence-electron chi connectivity index (χ4n) is 2.72. The first kappa shape index (κ1) is 21.7. The smallest absolute Gasteiger partial charge is 0.243 e. The predicted octanol–water partition coefficient (Wildman–Crippen LogP) is 2.69. The van der Waals surface area contributed by atoms with Crippen molar-refractivity contribution in [3.05, 3.63) is 65.2 Å². The maximum atomic E-state index is 12.4.